The number of benzene rings is 1. The fourth-order valence-electron chi connectivity index (χ4n) is 1.89. The fraction of sp³-hybridized carbons (Fsp3) is 0.500. The van der Waals surface area contributed by atoms with E-state index in [-0.39, 0.29) is 5.75 Å². The number of phenols is 1. The number of aromatic hydroxyl groups is 1. The maximum absolute atomic E-state index is 14.3. The molecule has 0 amide bonds. The van der Waals surface area contributed by atoms with Gasteiger partial charge in [-0.25, -0.2) is 4.39 Å². The molecule has 3 heteroatoms. The Morgan fingerprint density at radius 3 is 2.40 bits per heavy atom. The molecule has 1 aromatic rings. The van der Waals surface area contributed by atoms with E-state index in [1.165, 1.54) is 0 Å². The quantitative estimate of drug-likeness (QED) is 0.836. The number of thioether (sulfide) groups is 1. The van der Waals surface area contributed by atoms with Gasteiger partial charge in [0.15, 0.2) is 0 Å². The maximum Gasteiger partial charge on any atom is 0.116 e. The Bertz CT molecular complexity index is 317. The van der Waals surface area contributed by atoms with Gasteiger partial charge in [0.2, 0.25) is 0 Å². The topological polar surface area (TPSA) is 20.2 Å². The molecule has 1 saturated heterocycles. The van der Waals surface area contributed by atoms with E-state index in [4.69, 9.17) is 5.11 Å². The Labute approximate surface area is 93.7 Å². The largest absolute Gasteiger partial charge is 0.508 e. The summed E-state index contributed by atoms with van der Waals surface area (Å²) < 4.78 is 14.3. The molecule has 1 aliphatic rings. The van der Waals surface area contributed by atoms with Gasteiger partial charge in [-0.2, -0.15) is 11.8 Å². The summed E-state index contributed by atoms with van der Waals surface area (Å²) in [6.07, 6.45) is 1.78. The standard InChI is InChI=1S/C12H15FOS/c13-12(5-7-15-8-6-12)9-10-1-3-11(14)4-2-10/h1-4,14H,5-9H2. The van der Waals surface area contributed by atoms with Gasteiger partial charge in [0, 0.05) is 6.42 Å². The molecule has 0 atom stereocenters. The number of alkyl halides is 1. The predicted octanol–water partition coefficient (Wildman–Crippen LogP) is 3.17. The summed E-state index contributed by atoms with van der Waals surface area (Å²) in [5.74, 6) is 2.09. The van der Waals surface area contributed by atoms with Gasteiger partial charge in [-0.3, -0.25) is 0 Å². The molecule has 1 fully saturated rings. The highest BCUT2D eigenvalue weighted by Crippen LogP contribution is 2.33. The monoisotopic (exact) mass is 226 g/mol. The molecule has 1 heterocycles. The average molecular weight is 226 g/mol. The molecule has 0 bridgehead atoms. The van der Waals surface area contributed by atoms with E-state index in [1.807, 2.05) is 11.8 Å². The highest BCUT2D eigenvalue weighted by atomic mass is 32.2. The van der Waals surface area contributed by atoms with Crippen molar-refractivity contribution in [1.29, 1.82) is 0 Å². The first-order valence-electron chi connectivity index (χ1n) is 5.23. The third-order valence-corrected chi connectivity index (χ3v) is 3.83. The van der Waals surface area contributed by atoms with Crippen LogP contribution < -0.4 is 0 Å². The molecule has 1 N–H and O–H groups in total. The van der Waals surface area contributed by atoms with Crippen molar-refractivity contribution in [3.63, 3.8) is 0 Å². The zero-order valence-electron chi connectivity index (χ0n) is 8.58. The summed E-state index contributed by atoms with van der Waals surface area (Å²) in [6, 6.07) is 6.85. The number of phenolic OH excluding ortho intramolecular Hbond substituents is 1. The lowest BCUT2D eigenvalue weighted by Crippen LogP contribution is -2.30. The van der Waals surface area contributed by atoms with Crippen LogP contribution in [-0.2, 0) is 6.42 Å². The van der Waals surface area contributed by atoms with Crippen LogP contribution in [0.1, 0.15) is 18.4 Å². The molecule has 0 spiro atoms. The smallest absolute Gasteiger partial charge is 0.116 e. The molecule has 1 aliphatic heterocycles. The van der Waals surface area contributed by atoms with Gasteiger partial charge in [-0.15, -0.1) is 0 Å². The van der Waals surface area contributed by atoms with Crippen LogP contribution in [0.15, 0.2) is 24.3 Å². The van der Waals surface area contributed by atoms with Crippen LogP contribution in [0.4, 0.5) is 4.39 Å². The summed E-state index contributed by atoms with van der Waals surface area (Å²) >= 11 is 1.83. The third-order valence-electron chi connectivity index (χ3n) is 2.85. The summed E-state index contributed by atoms with van der Waals surface area (Å²) in [6.45, 7) is 0. The lowest BCUT2D eigenvalue weighted by atomic mass is 9.91. The summed E-state index contributed by atoms with van der Waals surface area (Å²) in [5, 5.41) is 9.13. The summed E-state index contributed by atoms with van der Waals surface area (Å²) in [5.41, 5.74) is -0.0513. The van der Waals surface area contributed by atoms with Gasteiger partial charge in [-0.05, 0) is 42.0 Å². The molecule has 1 nitrogen and oxygen atoms in total. The zero-order chi connectivity index (χ0) is 10.7. The fourth-order valence-corrected chi connectivity index (χ4v) is 3.12. The van der Waals surface area contributed by atoms with Crippen molar-refractivity contribution in [1.82, 2.24) is 0 Å². The van der Waals surface area contributed by atoms with Gasteiger partial charge in [0.25, 0.3) is 0 Å². The molecular formula is C12H15FOS. The number of hydrogen-bond acceptors (Lipinski definition) is 2. The lowest BCUT2D eigenvalue weighted by molar-refractivity contribution is 0.150. The molecule has 0 unspecified atom stereocenters. The van der Waals surface area contributed by atoms with Crippen molar-refractivity contribution < 1.29 is 9.50 Å². The van der Waals surface area contributed by atoms with Crippen molar-refractivity contribution in [2.75, 3.05) is 11.5 Å². The van der Waals surface area contributed by atoms with Gasteiger partial charge in [-0.1, -0.05) is 12.1 Å². The van der Waals surface area contributed by atoms with Crippen LogP contribution in [0.3, 0.4) is 0 Å². The highest BCUT2D eigenvalue weighted by Gasteiger charge is 2.31. The van der Waals surface area contributed by atoms with Gasteiger partial charge >= 0.3 is 0 Å². The molecule has 0 aliphatic carbocycles. The van der Waals surface area contributed by atoms with Gasteiger partial charge in [0.05, 0.1) is 0 Å². The minimum atomic E-state index is -1.03. The Morgan fingerprint density at radius 1 is 1.20 bits per heavy atom. The van der Waals surface area contributed by atoms with E-state index in [1.54, 1.807) is 24.3 Å². The van der Waals surface area contributed by atoms with E-state index in [9.17, 15) is 4.39 Å². The van der Waals surface area contributed by atoms with Crippen LogP contribution in [0.25, 0.3) is 0 Å². The van der Waals surface area contributed by atoms with E-state index in [0.29, 0.717) is 19.3 Å². The molecule has 0 aromatic heterocycles. The number of halogens is 1. The molecule has 0 radical (unpaired) electrons. The van der Waals surface area contributed by atoms with Crippen LogP contribution in [-0.4, -0.2) is 22.3 Å². The third kappa shape index (κ3) is 2.88. The normalized spacial score (nSPS) is 20.1. The van der Waals surface area contributed by atoms with E-state index in [2.05, 4.69) is 0 Å². The lowest BCUT2D eigenvalue weighted by Gasteiger charge is -2.29. The van der Waals surface area contributed by atoms with E-state index < -0.39 is 5.67 Å². The van der Waals surface area contributed by atoms with Crippen molar-refractivity contribution in [2.24, 2.45) is 0 Å². The minimum absolute atomic E-state index is 0.242. The van der Waals surface area contributed by atoms with Crippen LogP contribution in [0.5, 0.6) is 5.75 Å². The van der Waals surface area contributed by atoms with Crippen LogP contribution >= 0.6 is 11.8 Å². The van der Waals surface area contributed by atoms with Crippen molar-refractivity contribution >= 4 is 11.8 Å². The Kier molecular flexibility index (Phi) is 3.19. The molecular weight excluding hydrogens is 211 g/mol. The first kappa shape index (κ1) is 10.8. The summed E-state index contributed by atoms with van der Waals surface area (Å²) in [4.78, 5) is 0. The Morgan fingerprint density at radius 2 is 1.80 bits per heavy atom. The van der Waals surface area contributed by atoms with Gasteiger partial charge in [0.1, 0.15) is 11.4 Å². The molecule has 0 saturated carbocycles. The molecule has 1 aromatic carbocycles. The second kappa shape index (κ2) is 4.44. The second-order valence-corrected chi connectivity index (χ2v) is 5.33. The first-order valence-corrected chi connectivity index (χ1v) is 6.38. The molecule has 82 valence electrons. The predicted molar refractivity (Wildman–Crippen MR) is 62.2 cm³/mol. The molecule has 15 heavy (non-hydrogen) atoms. The second-order valence-electron chi connectivity index (χ2n) is 4.11. The number of hydrogen-bond donors (Lipinski definition) is 1. The van der Waals surface area contributed by atoms with Gasteiger partial charge < -0.3 is 5.11 Å². The molecule has 2 rings (SSSR count). The van der Waals surface area contributed by atoms with Crippen LogP contribution in [0, 0.1) is 0 Å². The minimum Gasteiger partial charge on any atom is -0.508 e. The first-order chi connectivity index (χ1) is 7.18. The van der Waals surface area contributed by atoms with Crippen molar-refractivity contribution in [3.05, 3.63) is 29.8 Å². The SMILES string of the molecule is Oc1ccc(CC2(F)CCSCC2)cc1. The maximum atomic E-state index is 14.3. The van der Waals surface area contributed by atoms with Crippen molar-refractivity contribution in [2.45, 2.75) is 24.9 Å². The summed E-state index contributed by atoms with van der Waals surface area (Å²) in [7, 11) is 0. The average Bonchev–Trinajstić information content (AvgIpc) is 2.22. The van der Waals surface area contributed by atoms with Crippen LogP contribution in [0.2, 0.25) is 0 Å². The Hall–Kier alpha value is -0.700. The zero-order valence-corrected chi connectivity index (χ0v) is 9.39. The number of rotatable bonds is 2. The van der Waals surface area contributed by atoms with E-state index >= 15 is 0 Å². The Balaban J connectivity index is 2.03. The van der Waals surface area contributed by atoms with E-state index in [0.717, 1.165) is 17.1 Å². The highest BCUT2D eigenvalue weighted by molar-refractivity contribution is 7.99. The van der Waals surface area contributed by atoms with Crippen molar-refractivity contribution in [3.8, 4) is 5.75 Å².